The Morgan fingerprint density at radius 1 is 0.571 bits per heavy atom. The van der Waals surface area contributed by atoms with Gasteiger partial charge in [-0.05, 0) is 103 Å². The van der Waals surface area contributed by atoms with Gasteiger partial charge in [0, 0.05) is 73.0 Å². The molecule has 6 rings (SSSR count). The van der Waals surface area contributed by atoms with Gasteiger partial charge in [-0.3, -0.25) is 9.59 Å². The Morgan fingerprint density at radius 3 is 1.33 bits per heavy atom. The molecule has 6 aromatic rings. The summed E-state index contributed by atoms with van der Waals surface area (Å²) in [6.45, 7) is 5.28. The first-order chi connectivity index (χ1) is 33.7. The lowest BCUT2D eigenvalue weighted by atomic mass is 9.92. The van der Waals surface area contributed by atoms with Crippen LogP contribution in [0.2, 0.25) is 0 Å². The van der Waals surface area contributed by atoms with Gasteiger partial charge in [0.1, 0.15) is 26.4 Å². The molecule has 20 heteroatoms. The Balaban J connectivity index is 1.17. The summed E-state index contributed by atoms with van der Waals surface area (Å²) in [7, 11) is 3.08. The average molecular weight is 1090 g/mol. The molecule has 4 aromatic heterocycles. The van der Waals surface area contributed by atoms with Crippen molar-refractivity contribution in [1.29, 1.82) is 0 Å². The third-order valence-electron chi connectivity index (χ3n) is 10.9. The van der Waals surface area contributed by atoms with Gasteiger partial charge in [-0.25, -0.2) is 9.97 Å². The molecule has 2 atom stereocenters. The summed E-state index contributed by atoms with van der Waals surface area (Å²) >= 11 is 7.22. The molecule has 6 N–H and O–H groups in total. The van der Waals surface area contributed by atoms with Crippen LogP contribution in [0.1, 0.15) is 57.3 Å². The van der Waals surface area contributed by atoms with Crippen LogP contribution in [0.3, 0.4) is 0 Å². The SMILES string of the molecule is COc1ccc(COc2nc(OCc3cccc(-c4cccc(COc5nc(OCc6ccc(OC)nc6)c(CNC[C@@H](O)CC(=O)O)cc5Br)c4C)c3C)c(Br)cc2CNC[C@@H](O)CC(=O)O)cn1. The van der Waals surface area contributed by atoms with E-state index in [0.29, 0.717) is 43.6 Å². The first-order valence-electron chi connectivity index (χ1n) is 22.0. The second kappa shape index (κ2) is 26.0. The fourth-order valence-corrected chi connectivity index (χ4v) is 8.04. The van der Waals surface area contributed by atoms with E-state index in [9.17, 15) is 19.8 Å². The monoisotopic (exact) mass is 1090 g/mol. The number of aliphatic carboxylic acids is 2. The van der Waals surface area contributed by atoms with Crippen LogP contribution in [0.15, 0.2) is 94.1 Å². The number of aliphatic hydroxyl groups excluding tert-OH is 2. The molecule has 4 heterocycles. The van der Waals surface area contributed by atoms with Gasteiger partial charge in [0.25, 0.3) is 0 Å². The molecule has 0 aliphatic carbocycles. The third kappa shape index (κ3) is 15.3. The van der Waals surface area contributed by atoms with Crippen LogP contribution in [-0.2, 0) is 49.1 Å². The van der Waals surface area contributed by atoms with E-state index in [1.54, 1.807) is 24.5 Å². The van der Waals surface area contributed by atoms with Crippen molar-refractivity contribution in [3.05, 3.63) is 139 Å². The number of rotatable bonds is 27. The van der Waals surface area contributed by atoms with Crippen molar-refractivity contribution in [3.8, 4) is 46.4 Å². The number of hydrogen-bond acceptors (Lipinski definition) is 16. The van der Waals surface area contributed by atoms with Crippen LogP contribution in [0.25, 0.3) is 11.1 Å². The molecule has 370 valence electrons. The van der Waals surface area contributed by atoms with Crippen LogP contribution < -0.4 is 39.1 Å². The Bertz CT molecular complexity index is 2530. The molecule has 18 nitrogen and oxygen atoms in total. The Labute approximate surface area is 421 Å². The van der Waals surface area contributed by atoms with Crippen molar-refractivity contribution in [1.82, 2.24) is 30.6 Å². The van der Waals surface area contributed by atoms with E-state index in [1.807, 2.05) is 62.4 Å². The summed E-state index contributed by atoms with van der Waals surface area (Å²) in [6.07, 6.45) is 0.362. The molecule has 2 aromatic carbocycles. The van der Waals surface area contributed by atoms with E-state index in [2.05, 4.69) is 64.6 Å². The fourth-order valence-electron chi connectivity index (χ4n) is 7.08. The molecule has 0 fully saturated rings. The van der Waals surface area contributed by atoms with E-state index in [1.165, 1.54) is 14.2 Å². The number of pyridine rings is 4. The average Bonchev–Trinajstić information content (AvgIpc) is 3.33. The summed E-state index contributed by atoms with van der Waals surface area (Å²) in [5, 5.41) is 44.5. The van der Waals surface area contributed by atoms with Gasteiger partial charge < -0.3 is 59.5 Å². The number of carboxylic acid groups (broad SMARTS) is 2. The number of carboxylic acids is 2. The van der Waals surface area contributed by atoms with Crippen molar-refractivity contribution < 1.29 is 58.4 Å². The minimum absolute atomic E-state index is 0.0473. The second-order valence-corrected chi connectivity index (χ2v) is 17.7. The molecule has 0 radical (unpaired) electrons. The summed E-state index contributed by atoms with van der Waals surface area (Å²) in [5.74, 6) is -0.102. The normalized spacial score (nSPS) is 11.9. The van der Waals surface area contributed by atoms with Gasteiger partial charge in [-0.1, -0.05) is 36.4 Å². The molecule has 0 bridgehead atoms. The first kappa shape index (κ1) is 52.9. The van der Waals surface area contributed by atoms with Gasteiger partial charge in [-0.2, -0.15) is 9.97 Å². The summed E-state index contributed by atoms with van der Waals surface area (Å²) in [5.41, 5.74) is 8.72. The van der Waals surface area contributed by atoms with Crippen LogP contribution >= 0.6 is 31.9 Å². The molecule has 0 aliphatic rings. The number of carbonyl (C=O) groups is 2. The Hall–Kier alpha value is -6.42. The van der Waals surface area contributed by atoms with Gasteiger partial charge >= 0.3 is 11.9 Å². The van der Waals surface area contributed by atoms with Crippen molar-refractivity contribution in [2.45, 2.75) is 78.4 Å². The summed E-state index contributed by atoms with van der Waals surface area (Å²) in [6, 6.07) is 22.8. The number of nitrogens with zero attached hydrogens (tertiary/aromatic N) is 4. The van der Waals surface area contributed by atoms with Crippen molar-refractivity contribution >= 4 is 43.8 Å². The summed E-state index contributed by atoms with van der Waals surface area (Å²) in [4.78, 5) is 40.1. The lowest BCUT2D eigenvalue weighted by Gasteiger charge is -2.18. The summed E-state index contributed by atoms with van der Waals surface area (Å²) < 4.78 is 36.5. The third-order valence-corrected chi connectivity index (χ3v) is 12.0. The molecule has 0 aliphatic heterocycles. The highest BCUT2D eigenvalue weighted by Crippen LogP contribution is 2.35. The second-order valence-electron chi connectivity index (χ2n) is 16.0. The van der Waals surface area contributed by atoms with Crippen molar-refractivity contribution in [3.63, 3.8) is 0 Å². The van der Waals surface area contributed by atoms with E-state index < -0.39 is 24.1 Å². The lowest BCUT2D eigenvalue weighted by Crippen LogP contribution is -2.28. The van der Waals surface area contributed by atoms with Crippen molar-refractivity contribution in [2.75, 3.05) is 27.3 Å². The lowest BCUT2D eigenvalue weighted by molar-refractivity contribution is -0.140. The predicted molar refractivity (Wildman–Crippen MR) is 264 cm³/mol. The van der Waals surface area contributed by atoms with Crippen LogP contribution in [-0.4, -0.2) is 91.8 Å². The van der Waals surface area contributed by atoms with Crippen molar-refractivity contribution in [2.24, 2.45) is 0 Å². The zero-order chi connectivity index (χ0) is 50.2. The number of benzene rings is 2. The van der Waals surface area contributed by atoms with Gasteiger partial charge in [0.2, 0.25) is 35.3 Å². The number of aliphatic hydroxyl groups is 2. The molecule has 0 spiro atoms. The van der Waals surface area contributed by atoms with Crippen LogP contribution in [0.5, 0.6) is 35.3 Å². The van der Waals surface area contributed by atoms with Gasteiger partial charge in [0.05, 0.1) is 48.2 Å². The van der Waals surface area contributed by atoms with Gasteiger partial charge in [-0.15, -0.1) is 0 Å². The van der Waals surface area contributed by atoms with E-state index in [-0.39, 0.29) is 77.2 Å². The zero-order valence-corrected chi connectivity index (χ0v) is 42.1. The highest BCUT2D eigenvalue weighted by atomic mass is 79.9. The maximum atomic E-state index is 11.1. The first-order valence-corrected chi connectivity index (χ1v) is 23.6. The molecule has 70 heavy (non-hydrogen) atoms. The minimum Gasteiger partial charge on any atom is -0.481 e. The van der Waals surface area contributed by atoms with Crippen LogP contribution in [0, 0.1) is 13.8 Å². The molecule has 0 saturated carbocycles. The van der Waals surface area contributed by atoms with E-state index in [0.717, 1.165) is 44.5 Å². The van der Waals surface area contributed by atoms with E-state index >= 15 is 0 Å². The number of hydrogen-bond donors (Lipinski definition) is 6. The highest BCUT2D eigenvalue weighted by Gasteiger charge is 2.19. The largest absolute Gasteiger partial charge is 0.481 e. The topological polar surface area (TPSA) is 246 Å². The maximum Gasteiger partial charge on any atom is 0.306 e. The van der Waals surface area contributed by atoms with Gasteiger partial charge in [0.15, 0.2) is 0 Å². The smallest absolute Gasteiger partial charge is 0.306 e. The molecule has 0 saturated heterocycles. The fraction of sp³-hybridized carbons (Fsp3) is 0.320. The minimum atomic E-state index is -1.10. The molecular weight excluding hydrogens is 1040 g/mol. The number of halogens is 2. The highest BCUT2D eigenvalue weighted by molar-refractivity contribution is 9.10. The Kier molecular flexibility index (Phi) is 19.6. The number of nitrogens with one attached hydrogen (secondary N) is 2. The molecule has 0 amide bonds. The number of ether oxygens (including phenoxy) is 6. The molecule has 0 unspecified atom stereocenters. The quantitative estimate of drug-likeness (QED) is 0.0297. The van der Waals surface area contributed by atoms with E-state index in [4.69, 9.17) is 48.6 Å². The molecular formula is C50H54Br2N6O12. The predicted octanol–water partition coefficient (Wildman–Crippen LogP) is 7.26. The zero-order valence-electron chi connectivity index (χ0n) is 38.9. The number of aromatic nitrogens is 4. The Morgan fingerprint density at radius 2 is 0.971 bits per heavy atom. The number of methoxy groups -OCH3 is 2. The standard InChI is InChI=1S/C50H54Br2N6O12/c1-29-33(27-69-49-41(51)15-35(21-53-23-37(59)17-45(61)62)47(57-49)67-25-31-11-13-43(65-3)55-19-31)7-5-9-39(29)40-10-6-8-34(30(40)2)28-70-50-42(52)16-36(22-54-24-38(60)18-46(63)64)48(58-50)68-26-32-12-14-44(66-4)56-20-32/h5-16,19-20,37-38,53-54,59-60H,17-18,21-28H2,1-4H3,(H,61,62)(H,63,64)/t37-,38-/m0/s1. The maximum absolute atomic E-state index is 11.1. The van der Waals surface area contributed by atoms with Crippen LogP contribution in [0.4, 0.5) is 0 Å².